The van der Waals surface area contributed by atoms with E-state index in [9.17, 15) is 14.0 Å². The molecule has 0 heterocycles. The van der Waals surface area contributed by atoms with Crippen molar-refractivity contribution in [3.05, 3.63) is 72.1 Å². The van der Waals surface area contributed by atoms with Crippen LogP contribution in [0.15, 0.2) is 55.1 Å². The van der Waals surface area contributed by atoms with Crippen LogP contribution in [-0.2, 0) is 22.4 Å². The maximum atomic E-state index is 13.1. The lowest BCUT2D eigenvalue weighted by molar-refractivity contribution is -0.124. The summed E-state index contributed by atoms with van der Waals surface area (Å²) in [4.78, 5) is 23.7. The highest BCUT2D eigenvalue weighted by Gasteiger charge is 2.09. The van der Waals surface area contributed by atoms with Crippen LogP contribution < -0.4 is 20.1 Å². The average molecular weight is 400 g/mol. The normalized spacial score (nSPS) is 10.1. The molecule has 0 saturated heterocycles. The van der Waals surface area contributed by atoms with E-state index in [0.29, 0.717) is 23.5 Å². The lowest BCUT2D eigenvalue weighted by Crippen LogP contribution is -2.37. The first-order valence-electron chi connectivity index (χ1n) is 9.20. The molecule has 0 fully saturated rings. The minimum Gasteiger partial charge on any atom is -0.493 e. The zero-order valence-electron chi connectivity index (χ0n) is 16.4. The third-order valence-electron chi connectivity index (χ3n) is 3.99. The zero-order valence-corrected chi connectivity index (χ0v) is 16.4. The Labute approximate surface area is 169 Å². The molecule has 154 valence electrons. The molecule has 0 saturated carbocycles. The van der Waals surface area contributed by atoms with E-state index in [1.54, 1.807) is 24.3 Å². The largest absolute Gasteiger partial charge is 0.493 e. The lowest BCUT2D eigenvalue weighted by Gasteiger charge is -2.12. The molecule has 2 aromatic carbocycles. The van der Waals surface area contributed by atoms with Crippen LogP contribution in [0.3, 0.4) is 0 Å². The van der Waals surface area contributed by atoms with E-state index in [2.05, 4.69) is 17.2 Å². The number of benzene rings is 2. The first-order valence-corrected chi connectivity index (χ1v) is 9.20. The van der Waals surface area contributed by atoms with Crippen molar-refractivity contribution >= 4 is 11.8 Å². The molecule has 0 unspecified atom stereocenters. The van der Waals surface area contributed by atoms with Crippen LogP contribution in [0, 0.1) is 5.82 Å². The van der Waals surface area contributed by atoms with Crippen molar-refractivity contribution in [3.8, 4) is 11.5 Å². The fourth-order valence-corrected chi connectivity index (χ4v) is 2.62. The number of amides is 2. The highest BCUT2D eigenvalue weighted by atomic mass is 19.1. The Morgan fingerprint density at radius 2 is 1.79 bits per heavy atom. The van der Waals surface area contributed by atoms with Gasteiger partial charge in [0, 0.05) is 13.1 Å². The van der Waals surface area contributed by atoms with E-state index in [1.165, 1.54) is 19.2 Å². The summed E-state index contributed by atoms with van der Waals surface area (Å²) in [6, 6.07) is 11.3. The number of hydrogen-bond acceptors (Lipinski definition) is 4. The lowest BCUT2D eigenvalue weighted by atomic mass is 10.1. The number of hydrogen-bond donors (Lipinski definition) is 2. The van der Waals surface area contributed by atoms with Crippen LogP contribution >= 0.6 is 0 Å². The molecule has 0 bridgehead atoms. The van der Waals surface area contributed by atoms with Gasteiger partial charge in [-0.3, -0.25) is 9.59 Å². The van der Waals surface area contributed by atoms with Crippen molar-refractivity contribution in [2.45, 2.75) is 12.8 Å². The van der Waals surface area contributed by atoms with Gasteiger partial charge in [-0.05, 0) is 41.8 Å². The van der Waals surface area contributed by atoms with Crippen molar-refractivity contribution in [1.29, 1.82) is 0 Å². The summed E-state index contributed by atoms with van der Waals surface area (Å²) in [7, 11) is 1.53. The number of ether oxygens (including phenoxy) is 2. The topological polar surface area (TPSA) is 76.7 Å². The minimum atomic E-state index is -0.380. The Bertz CT molecular complexity index is 854. The van der Waals surface area contributed by atoms with E-state index < -0.39 is 0 Å². The standard InChI is InChI=1S/C22H25FN2O4/c1-3-5-16-8-9-19(20(13-16)28-2)29-15-22(27)25-11-10-24-21(26)14-17-6-4-7-18(23)12-17/h3-4,6-9,12-13H,1,5,10-11,14-15H2,2H3,(H,24,26)(H,25,27). The number of rotatable bonds is 11. The van der Waals surface area contributed by atoms with Crippen molar-refractivity contribution in [1.82, 2.24) is 10.6 Å². The second kappa shape index (κ2) is 11.5. The summed E-state index contributed by atoms with van der Waals surface area (Å²) in [5.74, 6) is 0.0715. The minimum absolute atomic E-state index is 0.0798. The molecule has 2 rings (SSSR count). The summed E-state index contributed by atoms with van der Waals surface area (Å²) in [6.45, 7) is 4.05. The molecule has 7 heteroatoms. The molecule has 0 radical (unpaired) electrons. The monoisotopic (exact) mass is 400 g/mol. The van der Waals surface area contributed by atoms with Gasteiger partial charge in [-0.25, -0.2) is 4.39 Å². The Kier molecular flexibility index (Phi) is 8.69. The number of methoxy groups -OCH3 is 1. The molecule has 0 aliphatic rings. The maximum absolute atomic E-state index is 13.1. The van der Waals surface area contributed by atoms with Crippen molar-refractivity contribution in [2.24, 2.45) is 0 Å². The third-order valence-corrected chi connectivity index (χ3v) is 3.99. The molecular weight excluding hydrogens is 375 g/mol. The molecule has 0 aliphatic heterocycles. The highest BCUT2D eigenvalue weighted by Crippen LogP contribution is 2.28. The van der Waals surface area contributed by atoms with Gasteiger partial charge in [0.25, 0.3) is 5.91 Å². The molecule has 2 aromatic rings. The maximum Gasteiger partial charge on any atom is 0.258 e. The quantitative estimate of drug-likeness (QED) is 0.449. The molecule has 0 atom stereocenters. The summed E-state index contributed by atoms with van der Waals surface area (Å²) in [6.07, 6.45) is 2.58. The van der Waals surface area contributed by atoms with Crippen LogP contribution in [0.25, 0.3) is 0 Å². The van der Waals surface area contributed by atoms with Gasteiger partial charge >= 0.3 is 0 Å². The summed E-state index contributed by atoms with van der Waals surface area (Å²) >= 11 is 0. The second-order valence-electron chi connectivity index (χ2n) is 6.27. The summed E-state index contributed by atoms with van der Waals surface area (Å²) < 4.78 is 23.9. The molecule has 2 N–H and O–H groups in total. The van der Waals surface area contributed by atoms with Crippen LogP contribution in [-0.4, -0.2) is 38.6 Å². The first-order chi connectivity index (χ1) is 14.0. The van der Waals surface area contributed by atoms with Crippen LogP contribution in [0.5, 0.6) is 11.5 Å². The van der Waals surface area contributed by atoms with E-state index in [-0.39, 0.29) is 43.7 Å². The van der Waals surface area contributed by atoms with Crippen LogP contribution in [0.1, 0.15) is 11.1 Å². The number of carbonyl (C=O) groups excluding carboxylic acids is 2. The second-order valence-corrected chi connectivity index (χ2v) is 6.27. The van der Waals surface area contributed by atoms with E-state index in [1.807, 2.05) is 12.1 Å². The van der Waals surface area contributed by atoms with Gasteiger partial charge in [0.2, 0.25) is 5.91 Å². The molecule has 0 aliphatic carbocycles. The smallest absolute Gasteiger partial charge is 0.258 e. The highest BCUT2D eigenvalue weighted by molar-refractivity contribution is 5.79. The van der Waals surface area contributed by atoms with Gasteiger partial charge in [-0.15, -0.1) is 6.58 Å². The summed E-state index contributed by atoms with van der Waals surface area (Å²) in [5, 5.41) is 5.33. The molecular formula is C22H25FN2O4. The van der Waals surface area contributed by atoms with Crippen LogP contribution in [0.2, 0.25) is 0 Å². The Hall–Kier alpha value is -3.35. The number of nitrogens with one attached hydrogen (secondary N) is 2. The molecule has 6 nitrogen and oxygen atoms in total. The van der Waals surface area contributed by atoms with Gasteiger partial charge < -0.3 is 20.1 Å². The van der Waals surface area contributed by atoms with Gasteiger partial charge in [0.05, 0.1) is 13.5 Å². The van der Waals surface area contributed by atoms with Crippen LogP contribution in [0.4, 0.5) is 4.39 Å². The van der Waals surface area contributed by atoms with Crippen molar-refractivity contribution in [2.75, 3.05) is 26.8 Å². The number of allylic oxidation sites excluding steroid dienone is 1. The van der Waals surface area contributed by atoms with E-state index >= 15 is 0 Å². The van der Waals surface area contributed by atoms with Gasteiger partial charge in [-0.1, -0.05) is 24.3 Å². The van der Waals surface area contributed by atoms with E-state index in [4.69, 9.17) is 9.47 Å². The molecule has 2 amide bonds. The van der Waals surface area contributed by atoms with Crippen molar-refractivity contribution < 1.29 is 23.5 Å². The molecule has 29 heavy (non-hydrogen) atoms. The van der Waals surface area contributed by atoms with Gasteiger partial charge in [0.15, 0.2) is 18.1 Å². The fourth-order valence-electron chi connectivity index (χ4n) is 2.62. The Morgan fingerprint density at radius 1 is 1.03 bits per heavy atom. The Morgan fingerprint density at radius 3 is 2.48 bits per heavy atom. The summed E-state index contributed by atoms with van der Waals surface area (Å²) in [5.41, 5.74) is 1.62. The van der Waals surface area contributed by atoms with Gasteiger partial charge in [0.1, 0.15) is 5.82 Å². The molecule has 0 aromatic heterocycles. The zero-order chi connectivity index (χ0) is 21.1. The first kappa shape index (κ1) is 21.9. The van der Waals surface area contributed by atoms with Gasteiger partial charge in [-0.2, -0.15) is 0 Å². The predicted octanol–water partition coefficient (Wildman–Crippen LogP) is 2.42. The fraction of sp³-hybridized carbons (Fsp3) is 0.273. The Balaban J connectivity index is 1.68. The van der Waals surface area contributed by atoms with Crippen molar-refractivity contribution in [3.63, 3.8) is 0 Å². The third kappa shape index (κ3) is 7.65. The number of carbonyl (C=O) groups is 2. The average Bonchev–Trinajstić information content (AvgIpc) is 2.70. The molecule has 0 spiro atoms. The number of halogens is 1. The SMILES string of the molecule is C=CCc1ccc(OCC(=O)NCCNC(=O)Cc2cccc(F)c2)c(OC)c1. The predicted molar refractivity (Wildman–Crippen MR) is 109 cm³/mol. The van der Waals surface area contributed by atoms with E-state index in [0.717, 1.165) is 5.56 Å².